The minimum Gasteiger partial charge on any atom is -0.390 e. The van der Waals surface area contributed by atoms with Gasteiger partial charge in [-0.25, -0.2) is 0 Å². The number of amides is 1. The summed E-state index contributed by atoms with van der Waals surface area (Å²) in [5, 5.41) is 3.48. The number of likely N-dealkylation sites (N-methyl/N-ethyl adjacent to an activating group) is 1. The third-order valence-electron chi connectivity index (χ3n) is 6.08. The van der Waals surface area contributed by atoms with Gasteiger partial charge < -0.3 is 21.7 Å². The Balaban J connectivity index is 0.000000307. The lowest BCUT2D eigenvalue weighted by atomic mass is 9.85. The Morgan fingerprint density at radius 3 is 2.46 bits per heavy atom. The maximum atomic E-state index is 11.9. The Bertz CT molecular complexity index is 435. The summed E-state index contributed by atoms with van der Waals surface area (Å²) in [6.07, 6.45) is 15.4. The van der Waals surface area contributed by atoms with E-state index in [2.05, 4.69) is 17.2 Å². The lowest BCUT2D eigenvalue weighted by Crippen LogP contribution is -2.36. The molecule has 0 aromatic carbocycles. The van der Waals surface area contributed by atoms with Crippen molar-refractivity contribution >= 4 is 12.2 Å². The molecule has 0 spiro atoms. The first-order chi connectivity index (χ1) is 13.5. The van der Waals surface area contributed by atoms with Gasteiger partial charge in [0.15, 0.2) is 0 Å². The number of rotatable bonds is 8. The third-order valence-corrected chi connectivity index (χ3v) is 6.08. The third kappa shape index (κ3) is 10.4. The van der Waals surface area contributed by atoms with Crippen molar-refractivity contribution in [1.29, 1.82) is 0 Å². The van der Waals surface area contributed by atoms with Gasteiger partial charge in [0.2, 0.25) is 5.91 Å². The van der Waals surface area contributed by atoms with E-state index in [0.717, 1.165) is 43.8 Å². The topological polar surface area (TPSA) is 96.7 Å². The van der Waals surface area contributed by atoms with Crippen molar-refractivity contribution in [1.82, 2.24) is 10.2 Å². The summed E-state index contributed by atoms with van der Waals surface area (Å²) in [7, 11) is 3.53. The zero-order valence-corrected chi connectivity index (χ0v) is 18.5. The van der Waals surface area contributed by atoms with Crippen LogP contribution in [0.15, 0.2) is 4.99 Å². The molecule has 6 heteroatoms. The summed E-state index contributed by atoms with van der Waals surface area (Å²) in [5.74, 6) is 1.76. The molecule has 3 atom stereocenters. The molecular weight excluding hydrogens is 350 g/mol. The van der Waals surface area contributed by atoms with Gasteiger partial charge in [0.05, 0.1) is 6.34 Å². The Hall–Kier alpha value is -1.14. The van der Waals surface area contributed by atoms with Crippen LogP contribution >= 0.6 is 0 Å². The molecule has 0 saturated heterocycles. The van der Waals surface area contributed by atoms with Crippen LogP contribution in [-0.4, -0.2) is 56.4 Å². The number of nitrogens with zero attached hydrogens (tertiary/aromatic N) is 2. The molecule has 6 nitrogen and oxygen atoms in total. The summed E-state index contributed by atoms with van der Waals surface area (Å²) >= 11 is 0. The Morgan fingerprint density at radius 1 is 1.18 bits per heavy atom. The second-order valence-electron chi connectivity index (χ2n) is 8.84. The highest BCUT2D eigenvalue weighted by Crippen LogP contribution is 2.28. The Kier molecular flexibility index (Phi) is 13.2. The van der Waals surface area contributed by atoms with E-state index in [1.807, 2.05) is 0 Å². The second kappa shape index (κ2) is 14.8. The fourth-order valence-corrected chi connectivity index (χ4v) is 4.44. The van der Waals surface area contributed by atoms with Crippen LogP contribution in [-0.2, 0) is 4.79 Å². The lowest BCUT2D eigenvalue weighted by molar-refractivity contribution is -0.130. The second-order valence-corrected chi connectivity index (χ2v) is 8.84. The first-order valence-electron chi connectivity index (χ1n) is 11.4. The predicted octanol–water partition coefficient (Wildman–Crippen LogP) is 2.90. The van der Waals surface area contributed by atoms with Crippen LogP contribution in [0.3, 0.4) is 0 Å². The molecule has 3 unspecified atom stereocenters. The Labute approximate surface area is 172 Å². The fraction of sp³-hybridized carbons (Fsp3) is 0.909. The number of hydrogen-bond donors (Lipinski definition) is 3. The van der Waals surface area contributed by atoms with Crippen LogP contribution in [0.1, 0.15) is 77.6 Å². The highest BCUT2D eigenvalue weighted by Gasteiger charge is 2.21. The number of nitrogens with two attached hydrogens (primary N) is 2. The minimum atomic E-state index is -0.281. The van der Waals surface area contributed by atoms with Crippen LogP contribution < -0.4 is 16.8 Å². The van der Waals surface area contributed by atoms with Gasteiger partial charge in [0.1, 0.15) is 6.04 Å². The van der Waals surface area contributed by atoms with Crippen LogP contribution in [0, 0.1) is 11.8 Å². The molecule has 2 fully saturated rings. The molecule has 0 radical (unpaired) electrons. The zero-order valence-electron chi connectivity index (χ0n) is 18.5. The largest absolute Gasteiger partial charge is 0.390 e. The number of carbonyl (C=O) groups is 1. The average molecular weight is 396 g/mol. The van der Waals surface area contributed by atoms with Crippen molar-refractivity contribution in [2.75, 3.05) is 27.2 Å². The van der Waals surface area contributed by atoms with Gasteiger partial charge in [-0.2, -0.15) is 0 Å². The molecule has 164 valence electrons. The van der Waals surface area contributed by atoms with Crippen LogP contribution in [0.4, 0.5) is 0 Å². The van der Waals surface area contributed by atoms with Gasteiger partial charge in [0.25, 0.3) is 0 Å². The van der Waals surface area contributed by atoms with Crippen molar-refractivity contribution in [3.05, 3.63) is 0 Å². The van der Waals surface area contributed by atoms with Crippen LogP contribution in [0.25, 0.3) is 0 Å². The number of aliphatic imine (C=N–C) groups is 1. The molecule has 2 aliphatic rings. The van der Waals surface area contributed by atoms with Crippen molar-refractivity contribution in [3.63, 3.8) is 0 Å². The SMILES string of the molecule is CC1CCCC(NCCN)C1.CN(C)C(=O)C(CCC1CCCCC1)N=CN. The Morgan fingerprint density at radius 2 is 1.89 bits per heavy atom. The van der Waals surface area contributed by atoms with Gasteiger partial charge in [-0.3, -0.25) is 9.79 Å². The van der Waals surface area contributed by atoms with E-state index in [9.17, 15) is 4.79 Å². The highest BCUT2D eigenvalue weighted by atomic mass is 16.2. The summed E-state index contributed by atoms with van der Waals surface area (Å²) in [6.45, 7) is 4.10. The summed E-state index contributed by atoms with van der Waals surface area (Å²) in [5.41, 5.74) is 10.7. The standard InChI is InChI=1S/C13H25N3O.C9H20N2/c1-16(2)13(17)12(15-10-14)9-8-11-6-4-3-5-7-11;1-8-3-2-4-9(7-8)11-6-5-10/h10-12H,3-9H2,1-2H3,(H2,14,15);8-9,11H,2-7,10H2,1H3. The van der Waals surface area contributed by atoms with Crippen molar-refractivity contribution in [2.45, 2.75) is 89.6 Å². The maximum Gasteiger partial charge on any atom is 0.246 e. The smallest absolute Gasteiger partial charge is 0.246 e. The van der Waals surface area contributed by atoms with E-state index in [4.69, 9.17) is 11.5 Å². The molecular formula is C22H45N5O. The predicted molar refractivity (Wildman–Crippen MR) is 119 cm³/mol. The van der Waals surface area contributed by atoms with Crippen LogP contribution in [0.2, 0.25) is 0 Å². The molecule has 1 amide bonds. The van der Waals surface area contributed by atoms with Gasteiger partial charge in [-0.05, 0) is 37.5 Å². The molecule has 2 aliphatic carbocycles. The molecule has 0 aromatic rings. The number of nitrogens with one attached hydrogen (secondary N) is 1. The molecule has 2 rings (SSSR count). The summed E-state index contributed by atoms with van der Waals surface area (Å²) in [6, 6.07) is 0.472. The van der Waals surface area contributed by atoms with Crippen molar-refractivity contribution in [2.24, 2.45) is 28.3 Å². The van der Waals surface area contributed by atoms with E-state index < -0.39 is 0 Å². The van der Waals surface area contributed by atoms with Crippen molar-refractivity contribution < 1.29 is 4.79 Å². The maximum absolute atomic E-state index is 11.9. The first-order valence-corrected chi connectivity index (χ1v) is 11.4. The molecule has 0 aliphatic heterocycles. The fourth-order valence-electron chi connectivity index (χ4n) is 4.44. The molecule has 2 saturated carbocycles. The molecule has 28 heavy (non-hydrogen) atoms. The average Bonchev–Trinajstić information content (AvgIpc) is 2.70. The lowest BCUT2D eigenvalue weighted by Gasteiger charge is -2.27. The van der Waals surface area contributed by atoms with E-state index in [1.165, 1.54) is 64.1 Å². The molecule has 0 heterocycles. The van der Waals surface area contributed by atoms with E-state index in [-0.39, 0.29) is 11.9 Å². The molecule has 5 N–H and O–H groups in total. The number of hydrogen-bond acceptors (Lipinski definition) is 4. The monoisotopic (exact) mass is 395 g/mol. The van der Waals surface area contributed by atoms with Crippen molar-refractivity contribution in [3.8, 4) is 0 Å². The summed E-state index contributed by atoms with van der Waals surface area (Å²) < 4.78 is 0. The normalized spacial score (nSPS) is 24.4. The molecule has 0 aromatic heterocycles. The van der Waals surface area contributed by atoms with E-state index in [1.54, 1.807) is 19.0 Å². The van der Waals surface area contributed by atoms with E-state index in [0.29, 0.717) is 0 Å². The highest BCUT2D eigenvalue weighted by molar-refractivity contribution is 5.82. The zero-order chi connectivity index (χ0) is 20.8. The molecule has 0 bridgehead atoms. The quantitative estimate of drug-likeness (QED) is 0.435. The summed E-state index contributed by atoms with van der Waals surface area (Å²) in [4.78, 5) is 17.5. The van der Waals surface area contributed by atoms with Gasteiger partial charge >= 0.3 is 0 Å². The van der Waals surface area contributed by atoms with Gasteiger partial charge in [-0.15, -0.1) is 0 Å². The van der Waals surface area contributed by atoms with Crippen LogP contribution in [0.5, 0.6) is 0 Å². The van der Waals surface area contributed by atoms with Gasteiger partial charge in [0, 0.05) is 33.2 Å². The first kappa shape index (κ1) is 24.9. The number of carbonyl (C=O) groups excluding carboxylic acids is 1. The van der Waals surface area contributed by atoms with Gasteiger partial charge in [-0.1, -0.05) is 51.9 Å². The minimum absolute atomic E-state index is 0.0579. The van der Waals surface area contributed by atoms with E-state index >= 15 is 0 Å².